The van der Waals surface area contributed by atoms with E-state index in [1.165, 1.54) is 10.4 Å². The van der Waals surface area contributed by atoms with Crippen LogP contribution in [0.15, 0.2) is 30.3 Å². The molecule has 6 heteroatoms. The molecule has 3 rings (SSSR count). The molecule has 0 spiro atoms. The van der Waals surface area contributed by atoms with E-state index in [-0.39, 0.29) is 12.5 Å². The Morgan fingerprint density at radius 3 is 2.62 bits per heavy atom. The van der Waals surface area contributed by atoms with Crippen molar-refractivity contribution in [2.45, 2.75) is 27.3 Å². The molecule has 2 N–H and O–H groups in total. The summed E-state index contributed by atoms with van der Waals surface area (Å²) < 4.78 is 0. The van der Waals surface area contributed by atoms with Gasteiger partial charge < -0.3 is 10.6 Å². The van der Waals surface area contributed by atoms with Crippen LogP contribution in [0.25, 0.3) is 10.2 Å². The number of hydrogen-bond acceptors (Lipinski definition) is 5. The summed E-state index contributed by atoms with van der Waals surface area (Å²) in [6.07, 6.45) is 0. The molecule has 3 aromatic rings. The van der Waals surface area contributed by atoms with Gasteiger partial charge in [-0.15, -0.1) is 11.3 Å². The van der Waals surface area contributed by atoms with Crippen LogP contribution in [-0.2, 0) is 11.3 Å². The molecule has 2 aromatic heterocycles. The van der Waals surface area contributed by atoms with Gasteiger partial charge in [-0.1, -0.05) is 30.3 Å². The van der Waals surface area contributed by atoms with E-state index in [1.807, 2.05) is 37.3 Å². The summed E-state index contributed by atoms with van der Waals surface area (Å²) in [6, 6.07) is 9.86. The highest BCUT2D eigenvalue weighted by atomic mass is 32.1. The SMILES string of the molecule is Cc1nc(NCC(=O)NCc2ccccc2)c2c(C)c(C)sc2n1. The van der Waals surface area contributed by atoms with Crippen molar-refractivity contribution < 1.29 is 4.79 Å². The minimum absolute atomic E-state index is 0.0622. The Morgan fingerprint density at radius 1 is 1.12 bits per heavy atom. The average Bonchev–Trinajstić information content (AvgIpc) is 2.86. The first-order valence-electron chi connectivity index (χ1n) is 7.83. The first kappa shape index (κ1) is 16.4. The zero-order valence-electron chi connectivity index (χ0n) is 14.0. The van der Waals surface area contributed by atoms with Gasteiger partial charge in [-0.2, -0.15) is 0 Å². The zero-order chi connectivity index (χ0) is 17.1. The standard InChI is InChI=1S/C18H20N4OS/c1-11-12(2)24-18-16(11)17(21-13(3)22-18)20-10-15(23)19-9-14-7-5-4-6-8-14/h4-8H,9-10H2,1-3H3,(H,19,23)(H,20,21,22). The molecule has 1 amide bonds. The minimum Gasteiger partial charge on any atom is -0.360 e. The summed E-state index contributed by atoms with van der Waals surface area (Å²) in [6.45, 7) is 6.72. The van der Waals surface area contributed by atoms with E-state index < -0.39 is 0 Å². The molecule has 0 aliphatic heterocycles. The summed E-state index contributed by atoms with van der Waals surface area (Å²) in [4.78, 5) is 23.2. The Labute approximate surface area is 145 Å². The molecule has 5 nitrogen and oxygen atoms in total. The van der Waals surface area contributed by atoms with Gasteiger partial charge in [0, 0.05) is 11.4 Å². The number of thiophene rings is 1. The van der Waals surface area contributed by atoms with Gasteiger partial charge in [0.1, 0.15) is 16.5 Å². The lowest BCUT2D eigenvalue weighted by Crippen LogP contribution is -2.29. The number of hydrogen-bond donors (Lipinski definition) is 2. The predicted molar refractivity (Wildman–Crippen MR) is 98.4 cm³/mol. The second-order valence-electron chi connectivity index (χ2n) is 5.70. The molecule has 0 aliphatic rings. The van der Waals surface area contributed by atoms with Crippen LogP contribution in [0, 0.1) is 20.8 Å². The molecule has 24 heavy (non-hydrogen) atoms. The third kappa shape index (κ3) is 3.54. The number of aryl methyl sites for hydroxylation is 3. The molecule has 0 fully saturated rings. The van der Waals surface area contributed by atoms with Gasteiger partial charge >= 0.3 is 0 Å². The van der Waals surface area contributed by atoms with Gasteiger partial charge in [-0.25, -0.2) is 9.97 Å². The third-order valence-electron chi connectivity index (χ3n) is 3.89. The number of nitrogens with one attached hydrogen (secondary N) is 2. The first-order valence-corrected chi connectivity index (χ1v) is 8.65. The zero-order valence-corrected chi connectivity index (χ0v) is 14.8. The lowest BCUT2D eigenvalue weighted by Gasteiger charge is -2.09. The molecule has 1 aromatic carbocycles. The smallest absolute Gasteiger partial charge is 0.239 e. The van der Waals surface area contributed by atoms with E-state index in [9.17, 15) is 4.79 Å². The summed E-state index contributed by atoms with van der Waals surface area (Å²) in [5, 5.41) is 7.08. The normalized spacial score (nSPS) is 10.8. The van der Waals surface area contributed by atoms with Crippen LogP contribution in [0.4, 0.5) is 5.82 Å². The van der Waals surface area contributed by atoms with Gasteiger partial charge in [0.15, 0.2) is 0 Å². The number of aromatic nitrogens is 2. The van der Waals surface area contributed by atoms with Crippen LogP contribution in [0.1, 0.15) is 21.8 Å². The van der Waals surface area contributed by atoms with Gasteiger partial charge in [-0.05, 0) is 31.9 Å². The van der Waals surface area contributed by atoms with Crippen molar-refractivity contribution in [2.24, 2.45) is 0 Å². The van der Waals surface area contributed by atoms with Crippen LogP contribution >= 0.6 is 11.3 Å². The quantitative estimate of drug-likeness (QED) is 0.747. The van der Waals surface area contributed by atoms with Crippen molar-refractivity contribution in [3.8, 4) is 0 Å². The number of rotatable bonds is 5. The summed E-state index contributed by atoms with van der Waals surface area (Å²) in [5.74, 6) is 1.37. The monoisotopic (exact) mass is 340 g/mol. The highest BCUT2D eigenvalue weighted by Crippen LogP contribution is 2.32. The largest absolute Gasteiger partial charge is 0.360 e. The average molecular weight is 340 g/mol. The van der Waals surface area contributed by atoms with Crippen molar-refractivity contribution in [2.75, 3.05) is 11.9 Å². The van der Waals surface area contributed by atoms with Crippen molar-refractivity contribution in [1.29, 1.82) is 0 Å². The topological polar surface area (TPSA) is 66.9 Å². The summed E-state index contributed by atoms with van der Waals surface area (Å²) in [7, 11) is 0. The molecule has 2 heterocycles. The van der Waals surface area contributed by atoms with E-state index in [1.54, 1.807) is 11.3 Å². The van der Waals surface area contributed by atoms with E-state index in [0.29, 0.717) is 12.4 Å². The molecule has 0 saturated heterocycles. The number of benzene rings is 1. The summed E-state index contributed by atoms with van der Waals surface area (Å²) >= 11 is 1.66. The maximum Gasteiger partial charge on any atom is 0.239 e. The second-order valence-corrected chi connectivity index (χ2v) is 6.90. The number of amides is 1. The molecule has 0 saturated carbocycles. The predicted octanol–water partition coefficient (Wildman–Crippen LogP) is 3.34. The molecule has 124 valence electrons. The number of nitrogens with zero attached hydrogens (tertiary/aromatic N) is 2. The fourth-order valence-corrected chi connectivity index (χ4v) is 3.58. The highest BCUT2D eigenvalue weighted by molar-refractivity contribution is 7.18. The van der Waals surface area contributed by atoms with Crippen molar-refractivity contribution in [3.63, 3.8) is 0 Å². The minimum atomic E-state index is -0.0622. The maximum absolute atomic E-state index is 12.1. The molecular formula is C18H20N4OS. The number of fused-ring (bicyclic) bond motifs is 1. The van der Waals surface area contributed by atoms with Gasteiger partial charge in [0.25, 0.3) is 0 Å². The Kier molecular flexibility index (Phi) is 4.76. The Bertz CT molecular complexity index is 874. The van der Waals surface area contributed by atoms with Crippen LogP contribution in [0.3, 0.4) is 0 Å². The number of carbonyl (C=O) groups is 1. The summed E-state index contributed by atoms with van der Waals surface area (Å²) in [5.41, 5.74) is 2.25. The third-order valence-corrected chi connectivity index (χ3v) is 4.99. The molecule has 0 radical (unpaired) electrons. The second kappa shape index (κ2) is 6.97. The van der Waals surface area contributed by atoms with Crippen LogP contribution in [0.5, 0.6) is 0 Å². The molecule has 0 unspecified atom stereocenters. The van der Waals surface area contributed by atoms with Crippen molar-refractivity contribution in [1.82, 2.24) is 15.3 Å². The van der Waals surface area contributed by atoms with Gasteiger partial charge in [-0.3, -0.25) is 4.79 Å². The highest BCUT2D eigenvalue weighted by Gasteiger charge is 2.14. The Balaban J connectivity index is 1.68. The van der Waals surface area contributed by atoms with Gasteiger partial charge in [0.05, 0.1) is 11.9 Å². The van der Waals surface area contributed by atoms with Crippen LogP contribution in [0.2, 0.25) is 0 Å². The molecular weight excluding hydrogens is 320 g/mol. The fraction of sp³-hybridized carbons (Fsp3) is 0.278. The van der Waals surface area contributed by atoms with Crippen molar-refractivity contribution >= 4 is 33.3 Å². The maximum atomic E-state index is 12.1. The molecule has 0 bridgehead atoms. The molecule has 0 atom stereocenters. The first-order chi connectivity index (χ1) is 11.5. The Morgan fingerprint density at radius 2 is 1.88 bits per heavy atom. The number of carbonyl (C=O) groups excluding carboxylic acids is 1. The fourth-order valence-electron chi connectivity index (χ4n) is 2.51. The Hall–Kier alpha value is -2.47. The number of anilines is 1. The van der Waals surface area contributed by atoms with E-state index in [4.69, 9.17) is 0 Å². The lowest BCUT2D eigenvalue weighted by molar-refractivity contribution is -0.119. The van der Waals surface area contributed by atoms with Crippen molar-refractivity contribution in [3.05, 3.63) is 52.2 Å². The van der Waals surface area contributed by atoms with E-state index >= 15 is 0 Å². The van der Waals surface area contributed by atoms with E-state index in [2.05, 4.69) is 34.4 Å². The van der Waals surface area contributed by atoms with Crippen LogP contribution in [-0.4, -0.2) is 22.4 Å². The van der Waals surface area contributed by atoms with E-state index in [0.717, 1.165) is 21.6 Å². The lowest BCUT2D eigenvalue weighted by atomic mass is 10.2. The molecule has 0 aliphatic carbocycles. The van der Waals surface area contributed by atoms with Gasteiger partial charge in [0.2, 0.25) is 5.91 Å². The van der Waals surface area contributed by atoms with Crippen LogP contribution < -0.4 is 10.6 Å².